The monoisotopic (exact) mass is 326 g/mol. The molecule has 2 unspecified atom stereocenters. The van der Waals surface area contributed by atoms with Gasteiger partial charge in [-0.2, -0.15) is 0 Å². The highest BCUT2D eigenvalue weighted by atomic mass is 79.9. The third-order valence-corrected chi connectivity index (χ3v) is 3.67. The molecule has 0 spiro atoms. The molecule has 4 heteroatoms. The molecule has 1 amide bonds. The van der Waals surface area contributed by atoms with E-state index < -0.39 is 0 Å². The maximum absolute atomic E-state index is 11.9. The molecule has 0 heterocycles. The van der Waals surface area contributed by atoms with Gasteiger partial charge in [-0.05, 0) is 31.4 Å². The van der Waals surface area contributed by atoms with Crippen LogP contribution in [0.1, 0.15) is 39.3 Å². The second kappa shape index (κ2) is 7.65. The number of carbonyl (C=O) groups is 1. The molecule has 0 aliphatic heterocycles. The van der Waals surface area contributed by atoms with Crippen LogP contribution in [-0.2, 0) is 4.79 Å². The van der Waals surface area contributed by atoms with Gasteiger partial charge in [-0.3, -0.25) is 10.1 Å². The van der Waals surface area contributed by atoms with Crippen LogP contribution in [0.2, 0.25) is 0 Å². The van der Waals surface area contributed by atoms with Gasteiger partial charge in [-0.1, -0.05) is 48.0 Å². The van der Waals surface area contributed by atoms with E-state index in [0.717, 1.165) is 10.0 Å². The summed E-state index contributed by atoms with van der Waals surface area (Å²) in [5.74, 6) is 0.518. The molecular weight excluding hydrogens is 304 g/mol. The van der Waals surface area contributed by atoms with Crippen LogP contribution >= 0.6 is 15.9 Å². The molecule has 3 nitrogen and oxygen atoms in total. The Kier molecular flexibility index (Phi) is 6.52. The second-order valence-electron chi connectivity index (χ2n) is 5.27. The van der Waals surface area contributed by atoms with Crippen LogP contribution < -0.4 is 10.6 Å². The lowest BCUT2D eigenvalue weighted by molar-refractivity contribution is -0.123. The van der Waals surface area contributed by atoms with E-state index in [1.165, 1.54) is 0 Å². The molecule has 0 bridgehead atoms. The number of amides is 1. The number of nitrogens with one attached hydrogen (secondary N) is 2. The predicted molar refractivity (Wildman–Crippen MR) is 83.0 cm³/mol. The van der Waals surface area contributed by atoms with Crippen molar-refractivity contribution in [3.8, 4) is 0 Å². The van der Waals surface area contributed by atoms with Crippen LogP contribution in [0.5, 0.6) is 0 Å². The minimum atomic E-state index is -0.208. The van der Waals surface area contributed by atoms with Crippen molar-refractivity contribution in [2.75, 3.05) is 6.54 Å². The zero-order chi connectivity index (χ0) is 14.4. The summed E-state index contributed by atoms with van der Waals surface area (Å²) < 4.78 is 1.06. The Bertz CT molecular complexity index is 420. The summed E-state index contributed by atoms with van der Waals surface area (Å²) in [5.41, 5.74) is 1.16. The quantitative estimate of drug-likeness (QED) is 0.842. The molecule has 0 fully saturated rings. The Morgan fingerprint density at radius 2 is 1.84 bits per heavy atom. The van der Waals surface area contributed by atoms with Crippen molar-refractivity contribution in [3.63, 3.8) is 0 Å². The summed E-state index contributed by atoms with van der Waals surface area (Å²) in [6.45, 7) is 8.84. The number of rotatable bonds is 6. The number of hydrogen-bond donors (Lipinski definition) is 2. The van der Waals surface area contributed by atoms with E-state index >= 15 is 0 Å². The molecule has 0 saturated carbocycles. The SMILES string of the molecule is CC(C)CNC(=O)C(C)NC(C)c1ccccc1Br. The molecule has 0 aromatic heterocycles. The first kappa shape index (κ1) is 16.2. The van der Waals surface area contributed by atoms with Crippen LogP contribution in [0.15, 0.2) is 28.7 Å². The Morgan fingerprint density at radius 1 is 1.21 bits per heavy atom. The Labute approximate surface area is 124 Å². The molecule has 0 radical (unpaired) electrons. The first-order valence-corrected chi connectivity index (χ1v) is 7.49. The largest absolute Gasteiger partial charge is 0.354 e. The topological polar surface area (TPSA) is 41.1 Å². The Balaban J connectivity index is 2.54. The smallest absolute Gasteiger partial charge is 0.236 e. The third-order valence-electron chi connectivity index (χ3n) is 2.95. The molecule has 0 saturated heterocycles. The van der Waals surface area contributed by atoms with E-state index in [4.69, 9.17) is 0 Å². The zero-order valence-electron chi connectivity index (χ0n) is 12.0. The summed E-state index contributed by atoms with van der Waals surface area (Å²) in [4.78, 5) is 11.9. The van der Waals surface area contributed by atoms with Crippen molar-refractivity contribution >= 4 is 21.8 Å². The summed E-state index contributed by atoms with van der Waals surface area (Å²) in [6, 6.07) is 7.97. The highest BCUT2D eigenvalue weighted by Crippen LogP contribution is 2.22. The fraction of sp³-hybridized carbons (Fsp3) is 0.533. The first-order chi connectivity index (χ1) is 8.91. The molecule has 19 heavy (non-hydrogen) atoms. The molecular formula is C15H23BrN2O. The molecule has 1 aromatic rings. The summed E-state index contributed by atoms with van der Waals surface area (Å²) in [5, 5.41) is 6.26. The van der Waals surface area contributed by atoms with E-state index in [1.54, 1.807) is 0 Å². The Morgan fingerprint density at radius 3 is 2.42 bits per heavy atom. The minimum absolute atomic E-state index is 0.0487. The maximum Gasteiger partial charge on any atom is 0.236 e. The van der Waals surface area contributed by atoms with Gasteiger partial charge in [0.15, 0.2) is 0 Å². The molecule has 2 atom stereocenters. The fourth-order valence-electron chi connectivity index (χ4n) is 1.82. The molecule has 106 valence electrons. The van der Waals surface area contributed by atoms with E-state index in [9.17, 15) is 4.79 Å². The van der Waals surface area contributed by atoms with E-state index in [0.29, 0.717) is 12.5 Å². The highest BCUT2D eigenvalue weighted by molar-refractivity contribution is 9.10. The van der Waals surface area contributed by atoms with Crippen molar-refractivity contribution in [2.24, 2.45) is 5.92 Å². The normalized spacial score (nSPS) is 14.2. The lowest BCUT2D eigenvalue weighted by Gasteiger charge is -2.21. The van der Waals surface area contributed by atoms with Crippen LogP contribution in [0.3, 0.4) is 0 Å². The van der Waals surface area contributed by atoms with Crippen molar-refractivity contribution in [1.82, 2.24) is 10.6 Å². The van der Waals surface area contributed by atoms with Gasteiger partial charge in [0.1, 0.15) is 0 Å². The lowest BCUT2D eigenvalue weighted by Crippen LogP contribution is -2.44. The first-order valence-electron chi connectivity index (χ1n) is 6.70. The number of halogens is 1. The minimum Gasteiger partial charge on any atom is -0.354 e. The number of benzene rings is 1. The van der Waals surface area contributed by atoms with Crippen molar-refractivity contribution in [2.45, 2.75) is 39.8 Å². The second-order valence-corrected chi connectivity index (χ2v) is 6.12. The highest BCUT2D eigenvalue weighted by Gasteiger charge is 2.17. The molecule has 0 aliphatic rings. The van der Waals surface area contributed by atoms with E-state index in [1.807, 2.05) is 25.1 Å². The van der Waals surface area contributed by atoms with Gasteiger partial charge < -0.3 is 5.32 Å². The molecule has 0 aliphatic carbocycles. The lowest BCUT2D eigenvalue weighted by atomic mass is 10.1. The fourth-order valence-corrected chi connectivity index (χ4v) is 2.45. The van der Waals surface area contributed by atoms with Gasteiger partial charge in [-0.15, -0.1) is 0 Å². The average molecular weight is 327 g/mol. The zero-order valence-corrected chi connectivity index (χ0v) is 13.6. The van der Waals surface area contributed by atoms with Gasteiger partial charge in [0.05, 0.1) is 6.04 Å². The average Bonchev–Trinajstić information content (AvgIpc) is 2.36. The Hall–Kier alpha value is -0.870. The summed E-state index contributed by atoms with van der Waals surface area (Å²) in [6.07, 6.45) is 0. The summed E-state index contributed by atoms with van der Waals surface area (Å²) in [7, 11) is 0. The molecule has 1 rings (SSSR count). The van der Waals surface area contributed by atoms with E-state index in [2.05, 4.69) is 53.4 Å². The van der Waals surface area contributed by atoms with Gasteiger partial charge >= 0.3 is 0 Å². The van der Waals surface area contributed by atoms with E-state index in [-0.39, 0.29) is 18.0 Å². The maximum atomic E-state index is 11.9. The van der Waals surface area contributed by atoms with Crippen LogP contribution in [0.4, 0.5) is 0 Å². The van der Waals surface area contributed by atoms with Crippen LogP contribution in [0, 0.1) is 5.92 Å². The number of carbonyl (C=O) groups excluding carboxylic acids is 1. The van der Waals surface area contributed by atoms with Gasteiger partial charge in [0.2, 0.25) is 5.91 Å². The van der Waals surface area contributed by atoms with Crippen molar-refractivity contribution < 1.29 is 4.79 Å². The van der Waals surface area contributed by atoms with Gasteiger partial charge in [0, 0.05) is 17.1 Å². The molecule has 2 N–H and O–H groups in total. The predicted octanol–water partition coefficient (Wildman–Crippen LogP) is 3.26. The van der Waals surface area contributed by atoms with Crippen LogP contribution in [0.25, 0.3) is 0 Å². The molecule has 1 aromatic carbocycles. The standard InChI is InChI=1S/C15H23BrN2O/c1-10(2)9-17-15(19)12(4)18-11(3)13-7-5-6-8-14(13)16/h5-8,10-12,18H,9H2,1-4H3,(H,17,19). The third kappa shape index (κ3) is 5.33. The van der Waals surface area contributed by atoms with Crippen molar-refractivity contribution in [3.05, 3.63) is 34.3 Å². The van der Waals surface area contributed by atoms with Crippen LogP contribution in [-0.4, -0.2) is 18.5 Å². The number of hydrogen-bond acceptors (Lipinski definition) is 2. The summed E-state index contributed by atoms with van der Waals surface area (Å²) >= 11 is 3.53. The van der Waals surface area contributed by atoms with Gasteiger partial charge in [-0.25, -0.2) is 0 Å². The van der Waals surface area contributed by atoms with Crippen molar-refractivity contribution in [1.29, 1.82) is 0 Å². The van der Waals surface area contributed by atoms with Gasteiger partial charge in [0.25, 0.3) is 0 Å².